The molecule has 0 bridgehead atoms. The van der Waals surface area contributed by atoms with Crippen molar-refractivity contribution in [2.24, 2.45) is 5.73 Å². The first-order valence-corrected chi connectivity index (χ1v) is 6.12. The van der Waals surface area contributed by atoms with Crippen LogP contribution in [0.2, 0.25) is 0 Å². The van der Waals surface area contributed by atoms with E-state index >= 15 is 0 Å². The molecule has 0 aliphatic rings. The maximum absolute atomic E-state index is 11.8. The minimum absolute atomic E-state index is 0.305. The zero-order valence-corrected chi connectivity index (χ0v) is 10.5. The summed E-state index contributed by atoms with van der Waals surface area (Å²) < 4.78 is 0. The highest BCUT2D eigenvalue weighted by Gasteiger charge is 2.11. The van der Waals surface area contributed by atoms with Crippen molar-refractivity contribution in [3.63, 3.8) is 0 Å². The molecule has 1 heterocycles. The summed E-state index contributed by atoms with van der Waals surface area (Å²) in [4.78, 5) is 26.8. The summed E-state index contributed by atoms with van der Waals surface area (Å²) in [6.07, 6.45) is 0. The van der Waals surface area contributed by atoms with Crippen molar-refractivity contribution in [1.82, 2.24) is 4.98 Å². The molecule has 1 aromatic carbocycles. The molecule has 0 aliphatic carbocycles. The minimum atomic E-state index is -0.529. The van der Waals surface area contributed by atoms with Crippen LogP contribution in [0.3, 0.4) is 0 Å². The van der Waals surface area contributed by atoms with E-state index in [4.69, 9.17) is 5.73 Å². The number of aryl methyl sites for hydroxylation is 1. The fraction of sp³-hybridized carbons (Fsp3) is 0.0833. The number of nitrogens with two attached hydrogens (primary N) is 1. The van der Waals surface area contributed by atoms with Crippen LogP contribution in [0.4, 0.5) is 5.69 Å². The Balaban J connectivity index is 2.26. The first-order chi connectivity index (χ1) is 8.58. The molecule has 2 amide bonds. The van der Waals surface area contributed by atoms with E-state index in [1.165, 1.54) is 11.3 Å². The average Bonchev–Trinajstić information content (AvgIpc) is 2.85. The lowest BCUT2D eigenvalue weighted by atomic mass is 10.1. The number of hydrogen-bond acceptors (Lipinski definition) is 4. The fourth-order valence-corrected chi connectivity index (χ4v) is 1.95. The first-order valence-electron chi connectivity index (χ1n) is 5.18. The van der Waals surface area contributed by atoms with Crippen LogP contribution in [-0.2, 0) is 0 Å². The second-order valence-electron chi connectivity index (χ2n) is 3.72. The van der Waals surface area contributed by atoms with E-state index in [9.17, 15) is 9.59 Å². The molecule has 1 aromatic heterocycles. The molecule has 0 atom stereocenters. The SMILES string of the molecule is Cc1ccc(C(N)=O)cc1NC(=O)c1cscn1. The van der Waals surface area contributed by atoms with Gasteiger partial charge in [0.25, 0.3) is 5.91 Å². The second-order valence-corrected chi connectivity index (χ2v) is 4.44. The van der Waals surface area contributed by atoms with Crippen molar-refractivity contribution in [1.29, 1.82) is 0 Å². The number of amides is 2. The summed E-state index contributed by atoms with van der Waals surface area (Å²) in [5, 5.41) is 4.36. The smallest absolute Gasteiger partial charge is 0.275 e. The standard InChI is InChI=1S/C12H11N3O2S/c1-7-2-3-8(11(13)16)4-9(7)15-12(17)10-5-18-6-14-10/h2-6H,1H3,(H2,13,16)(H,15,17). The highest BCUT2D eigenvalue weighted by atomic mass is 32.1. The Morgan fingerprint density at radius 2 is 2.17 bits per heavy atom. The Bertz CT molecular complexity index is 593. The van der Waals surface area contributed by atoms with Crippen molar-refractivity contribution in [3.8, 4) is 0 Å². The number of nitrogens with zero attached hydrogens (tertiary/aromatic N) is 1. The second kappa shape index (κ2) is 4.97. The quantitative estimate of drug-likeness (QED) is 0.883. The Labute approximate surface area is 108 Å². The van der Waals surface area contributed by atoms with Crippen LogP contribution in [0.5, 0.6) is 0 Å². The van der Waals surface area contributed by atoms with Gasteiger partial charge in [0.1, 0.15) is 5.69 Å². The third kappa shape index (κ3) is 2.54. The molecule has 6 heteroatoms. The van der Waals surface area contributed by atoms with E-state index in [0.29, 0.717) is 16.9 Å². The van der Waals surface area contributed by atoms with Gasteiger partial charge >= 0.3 is 0 Å². The summed E-state index contributed by atoms with van der Waals surface area (Å²) in [6.45, 7) is 1.83. The molecule has 2 rings (SSSR count). The van der Waals surface area contributed by atoms with Gasteiger partial charge in [-0.2, -0.15) is 0 Å². The Kier molecular flexibility index (Phi) is 3.38. The van der Waals surface area contributed by atoms with Crippen LogP contribution in [0.25, 0.3) is 0 Å². The molecule has 0 spiro atoms. The van der Waals surface area contributed by atoms with Crippen molar-refractivity contribution in [2.45, 2.75) is 6.92 Å². The van der Waals surface area contributed by atoms with Crippen molar-refractivity contribution in [2.75, 3.05) is 5.32 Å². The molecule has 5 nitrogen and oxygen atoms in total. The molecule has 0 saturated heterocycles. The Morgan fingerprint density at radius 3 is 2.78 bits per heavy atom. The van der Waals surface area contributed by atoms with Gasteiger partial charge in [0.2, 0.25) is 5.91 Å². The van der Waals surface area contributed by atoms with Gasteiger partial charge in [0.05, 0.1) is 5.51 Å². The van der Waals surface area contributed by atoms with E-state index in [1.54, 1.807) is 29.1 Å². The van der Waals surface area contributed by atoms with Crippen LogP contribution in [-0.4, -0.2) is 16.8 Å². The van der Waals surface area contributed by atoms with E-state index in [0.717, 1.165) is 5.56 Å². The molecule has 2 aromatic rings. The van der Waals surface area contributed by atoms with Crippen LogP contribution in [0, 0.1) is 6.92 Å². The number of thiazole rings is 1. The molecule has 18 heavy (non-hydrogen) atoms. The molecule has 92 valence electrons. The minimum Gasteiger partial charge on any atom is -0.366 e. The third-order valence-corrected chi connectivity index (χ3v) is 3.02. The largest absolute Gasteiger partial charge is 0.366 e. The monoisotopic (exact) mass is 261 g/mol. The lowest BCUT2D eigenvalue weighted by Gasteiger charge is -2.08. The highest BCUT2D eigenvalue weighted by Crippen LogP contribution is 2.17. The topological polar surface area (TPSA) is 85.1 Å². The number of nitrogens with one attached hydrogen (secondary N) is 1. The summed E-state index contributed by atoms with van der Waals surface area (Å²) in [6, 6.07) is 4.91. The molecule has 0 radical (unpaired) electrons. The third-order valence-electron chi connectivity index (χ3n) is 2.44. The highest BCUT2D eigenvalue weighted by molar-refractivity contribution is 7.07. The summed E-state index contributed by atoms with van der Waals surface area (Å²) in [5.41, 5.74) is 8.90. The van der Waals surface area contributed by atoms with Crippen LogP contribution < -0.4 is 11.1 Å². The zero-order chi connectivity index (χ0) is 13.1. The van der Waals surface area contributed by atoms with Gasteiger partial charge in [0, 0.05) is 16.6 Å². The summed E-state index contributed by atoms with van der Waals surface area (Å²) >= 11 is 1.34. The van der Waals surface area contributed by atoms with E-state index in [2.05, 4.69) is 10.3 Å². The molecular formula is C12H11N3O2S. The number of primary amides is 1. The normalized spacial score (nSPS) is 10.1. The van der Waals surface area contributed by atoms with Crippen LogP contribution in [0.1, 0.15) is 26.4 Å². The van der Waals surface area contributed by atoms with Gasteiger partial charge < -0.3 is 11.1 Å². The van der Waals surface area contributed by atoms with Gasteiger partial charge in [-0.25, -0.2) is 4.98 Å². The molecular weight excluding hydrogens is 250 g/mol. The van der Waals surface area contributed by atoms with E-state index < -0.39 is 5.91 Å². The van der Waals surface area contributed by atoms with E-state index in [1.807, 2.05) is 6.92 Å². The number of aromatic nitrogens is 1. The summed E-state index contributed by atoms with van der Waals surface area (Å²) in [7, 11) is 0. The number of rotatable bonds is 3. The van der Waals surface area contributed by atoms with Crippen molar-refractivity contribution in [3.05, 3.63) is 45.9 Å². The maximum atomic E-state index is 11.8. The number of benzene rings is 1. The molecule has 0 unspecified atom stereocenters. The fourth-order valence-electron chi connectivity index (χ4n) is 1.42. The zero-order valence-electron chi connectivity index (χ0n) is 9.64. The van der Waals surface area contributed by atoms with Gasteiger partial charge in [-0.3, -0.25) is 9.59 Å². The summed E-state index contributed by atoms with van der Waals surface area (Å²) in [5.74, 6) is -0.833. The average molecular weight is 261 g/mol. The Morgan fingerprint density at radius 1 is 1.39 bits per heavy atom. The number of anilines is 1. The predicted molar refractivity (Wildman–Crippen MR) is 69.8 cm³/mol. The number of hydrogen-bond donors (Lipinski definition) is 2. The molecule has 3 N–H and O–H groups in total. The Hall–Kier alpha value is -2.21. The molecule has 0 fully saturated rings. The molecule has 0 saturated carbocycles. The number of carbonyl (C=O) groups is 2. The van der Waals surface area contributed by atoms with Crippen molar-refractivity contribution < 1.29 is 9.59 Å². The van der Waals surface area contributed by atoms with Crippen LogP contribution >= 0.6 is 11.3 Å². The van der Waals surface area contributed by atoms with Gasteiger partial charge in [-0.05, 0) is 24.6 Å². The molecule has 0 aliphatic heterocycles. The lowest BCUT2D eigenvalue weighted by Crippen LogP contribution is -2.15. The van der Waals surface area contributed by atoms with Gasteiger partial charge in [0.15, 0.2) is 0 Å². The lowest BCUT2D eigenvalue weighted by molar-refractivity contribution is 0.0995. The maximum Gasteiger partial charge on any atom is 0.275 e. The van der Waals surface area contributed by atoms with Crippen molar-refractivity contribution >= 4 is 28.8 Å². The van der Waals surface area contributed by atoms with Gasteiger partial charge in [-0.15, -0.1) is 11.3 Å². The first kappa shape index (κ1) is 12.3. The van der Waals surface area contributed by atoms with Crippen LogP contribution in [0.15, 0.2) is 29.1 Å². The van der Waals surface area contributed by atoms with E-state index in [-0.39, 0.29) is 5.91 Å². The van der Waals surface area contributed by atoms with Gasteiger partial charge in [-0.1, -0.05) is 6.07 Å². The predicted octanol–water partition coefficient (Wildman–Crippen LogP) is 1.80. The number of carbonyl (C=O) groups excluding carboxylic acids is 2.